The summed E-state index contributed by atoms with van der Waals surface area (Å²) in [6.45, 7) is -0.637. The smallest absolute Gasteiger partial charge is 0.151 e. The van der Waals surface area contributed by atoms with Crippen LogP contribution in [-0.4, -0.2) is 43.4 Å². The molecule has 2 rings (SSSR count). The van der Waals surface area contributed by atoms with Crippen molar-refractivity contribution in [3.05, 3.63) is 35.9 Å². The van der Waals surface area contributed by atoms with Crippen LogP contribution in [0.5, 0.6) is 0 Å². The SMILES string of the molecule is CS(=O)(=O)[C@H]1[C@@H](c2ccccc2)C1(CO)CO. The molecular formula is C12H16O4S. The Morgan fingerprint density at radius 3 is 2.06 bits per heavy atom. The maximum absolute atomic E-state index is 11.7. The molecule has 2 atom stereocenters. The Hall–Kier alpha value is -0.910. The van der Waals surface area contributed by atoms with Gasteiger partial charge in [0.25, 0.3) is 0 Å². The van der Waals surface area contributed by atoms with Crippen LogP contribution in [0.3, 0.4) is 0 Å². The lowest BCUT2D eigenvalue weighted by Crippen LogP contribution is -2.22. The van der Waals surface area contributed by atoms with E-state index in [9.17, 15) is 18.6 Å². The average Bonchev–Trinajstić information content (AvgIpc) is 3.00. The number of hydrogen-bond acceptors (Lipinski definition) is 4. The molecule has 2 N–H and O–H groups in total. The van der Waals surface area contributed by atoms with Gasteiger partial charge in [-0.05, 0) is 5.56 Å². The molecule has 17 heavy (non-hydrogen) atoms. The van der Waals surface area contributed by atoms with Crippen LogP contribution in [0.1, 0.15) is 11.5 Å². The zero-order valence-electron chi connectivity index (χ0n) is 9.57. The van der Waals surface area contributed by atoms with Gasteiger partial charge in [-0.25, -0.2) is 8.42 Å². The first-order valence-electron chi connectivity index (χ1n) is 5.43. The molecule has 0 bridgehead atoms. The van der Waals surface area contributed by atoms with E-state index in [0.29, 0.717) is 0 Å². The van der Waals surface area contributed by atoms with Crippen LogP contribution in [0.4, 0.5) is 0 Å². The van der Waals surface area contributed by atoms with Crippen LogP contribution in [0.15, 0.2) is 30.3 Å². The van der Waals surface area contributed by atoms with E-state index >= 15 is 0 Å². The first kappa shape index (κ1) is 12.5. The summed E-state index contributed by atoms with van der Waals surface area (Å²) in [5, 5.41) is 18.1. The van der Waals surface area contributed by atoms with E-state index in [0.717, 1.165) is 11.8 Å². The van der Waals surface area contributed by atoms with Crippen molar-refractivity contribution in [2.45, 2.75) is 11.2 Å². The summed E-state index contributed by atoms with van der Waals surface area (Å²) in [6.07, 6.45) is 1.15. The number of aliphatic hydroxyl groups excluding tert-OH is 2. The summed E-state index contributed by atoms with van der Waals surface area (Å²) >= 11 is 0. The van der Waals surface area contributed by atoms with E-state index in [1.54, 1.807) is 0 Å². The van der Waals surface area contributed by atoms with Gasteiger partial charge in [0.1, 0.15) is 0 Å². The van der Waals surface area contributed by atoms with Gasteiger partial charge < -0.3 is 10.2 Å². The summed E-state index contributed by atoms with van der Waals surface area (Å²) < 4.78 is 23.4. The fraction of sp³-hybridized carbons (Fsp3) is 0.500. The van der Waals surface area contributed by atoms with Gasteiger partial charge in [-0.15, -0.1) is 0 Å². The van der Waals surface area contributed by atoms with Gasteiger partial charge in [0.2, 0.25) is 0 Å². The molecule has 0 unspecified atom stereocenters. The Morgan fingerprint density at radius 1 is 1.18 bits per heavy atom. The second-order valence-electron chi connectivity index (χ2n) is 4.69. The van der Waals surface area contributed by atoms with Gasteiger partial charge >= 0.3 is 0 Å². The molecule has 1 aliphatic carbocycles. The minimum atomic E-state index is -3.28. The molecule has 1 aromatic rings. The van der Waals surface area contributed by atoms with Crippen molar-refractivity contribution >= 4 is 9.84 Å². The fourth-order valence-electron chi connectivity index (χ4n) is 2.72. The normalized spacial score (nSPS) is 26.8. The van der Waals surface area contributed by atoms with Crippen molar-refractivity contribution in [2.75, 3.05) is 19.5 Å². The first-order valence-corrected chi connectivity index (χ1v) is 7.38. The van der Waals surface area contributed by atoms with E-state index in [1.165, 1.54) is 0 Å². The number of hydrogen-bond donors (Lipinski definition) is 2. The minimum Gasteiger partial charge on any atom is -0.396 e. The van der Waals surface area contributed by atoms with Crippen molar-refractivity contribution in [1.82, 2.24) is 0 Å². The van der Waals surface area contributed by atoms with Crippen LogP contribution in [-0.2, 0) is 9.84 Å². The molecule has 1 saturated carbocycles. The quantitative estimate of drug-likeness (QED) is 0.805. The summed E-state index contributed by atoms with van der Waals surface area (Å²) in [6, 6.07) is 9.16. The summed E-state index contributed by atoms with van der Waals surface area (Å²) in [5.41, 5.74) is -0.0689. The molecule has 0 saturated heterocycles. The van der Waals surface area contributed by atoms with Gasteiger partial charge in [-0.3, -0.25) is 0 Å². The summed E-state index contributed by atoms with van der Waals surface area (Å²) in [4.78, 5) is 0. The lowest BCUT2D eigenvalue weighted by Gasteiger charge is -2.10. The molecule has 1 fully saturated rings. The van der Waals surface area contributed by atoms with Crippen LogP contribution in [0.25, 0.3) is 0 Å². The standard InChI is InChI=1S/C12H16O4S/c1-17(15,16)11-10(12(11,7-13)8-14)9-5-3-2-4-6-9/h2-6,10-11,13-14H,7-8H2,1H3/t10-,11+/m1/s1. The van der Waals surface area contributed by atoms with Gasteiger partial charge in [-0.1, -0.05) is 30.3 Å². The highest BCUT2D eigenvalue weighted by molar-refractivity contribution is 7.91. The van der Waals surface area contributed by atoms with Gasteiger partial charge in [0, 0.05) is 17.6 Å². The summed E-state index contributed by atoms with van der Waals surface area (Å²) in [5.74, 6) is -0.311. The Labute approximate surface area is 101 Å². The highest BCUT2D eigenvalue weighted by atomic mass is 32.2. The van der Waals surface area contributed by atoms with Crippen molar-refractivity contribution in [1.29, 1.82) is 0 Å². The number of rotatable bonds is 4. The second kappa shape index (κ2) is 4.08. The lowest BCUT2D eigenvalue weighted by molar-refractivity contribution is 0.130. The Morgan fingerprint density at radius 2 is 1.71 bits per heavy atom. The Balaban J connectivity index is 2.42. The molecule has 0 heterocycles. The first-order chi connectivity index (χ1) is 7.97. The third-order valence-corrected chi connectivity index (χ3v) is 5.25. The van der Waals surface area contributed by atoms with Crippen LogP contribution >= 0.6 is 0 Å². The zero-order valence-corrected chi connectivity index (χ0v) is 10.4. The number of benzene rings is 1. The predicted octanol–water partition coefficient (Wildman–Crippen LogP) is 0.168. The third-order valence-electron chi connectivity index (χ3n) is 3.59. The molecule has 1 aliphatic rings. The van der Waals surface area contributed by atoms with Crippen LogP contribution in [0.2, 0.25) is 0 Å². The van der Waals surface area contributed by atoms with Crippen LogP contribution in [0, 0.1) is 5.41 Å². The van der Waals surface area contributed by atoms with Gasteiger partial charge in [0.05, 0.1) is 18.5 Å². The van der Waals surface area contributed by atoms with Gasteiger partial charge in [0.15, 0.2) is 9.84 Å². The van der Waals surface area contributed by atoms with E-state index in [1.807, 2.05) is 30.3 Å². The van der Waals surface area contributed by atoms with Gasteiger partial charge in [-0.2, -0.15) is 0 Å². The monoisotopic (exact) mass is 256 g/mol. The molecule has 0 aliphatic heterocycles. The van der Waals surface area contributed by atoms with Crippen molar-refractivity contribution in [2.24, 2.45) is 5.41 Å². The molecule has 0 aromatic heterocycles. The largest absolute Gasteiger partial charge is 0.396 e. The molecular weight excluding hydrogens is 240 g/mol. The van der Waals surface area contributed by atoms with Crippen molar-refractivity contribution in [3.8, 4) is 0 Å². The molecule has 0 radical (unpaired) electrons. The minimum absolute atomic E-state index is 0.311. The predicted molar refractivity (Wildman–Crippen MR) is 64.4 cm³/mol. The molecule has 94 valence electrons. The van der Waals surface area contributed by atoms with Crippen molar-refractivity contribution < 1.29 is 18.6 Å². The highest BCUT2D eigenvalue weighted by Crippen LogP contribution is 2.62. The number of sulfone groups is 1. The van der Waals surface area contributed by atoms with E-state index < -0.39 is 20.5 Å². The van der Waals surface area contributed by atoms with E-state index in [4.69, 9.17) is 0 Å². The molecule has 0 spiro atoms. The molecule has 4 nitrogen and oxygen atoms in total. The fourth-order valence-corrected chi connectivity index (χ4v) is 4.71. The second-order valence-corrected chi connectivity index (χ2v) is 6.85. The zero-order chi connectivity index (χ0) is 12.7. The Kier molecular flexibility index (Phi) is 3.01. The average molecular weight is 256 g/mol. The highest BCUT2D eigenvalue weighted by Gasteiger charge is 2.69. The maximum atomic E-state index is 11.7. The van der Waals surface area contributed by atoms with E-state index in [2.05, 4.69) is 0 Å². The molecule has 1 aromatic carbocycles. The third kappa shape index (κ3) is 1.88. The topological polar surface area (TPSA) is 74.6 Å². The molecule has 0 amide bonds. The number of aliphatic hydroxyl groups is 2. The lowest BCUT2D eigenvalue weighted by atomic mass is 10.0. The van der Waals surface area contributed by atoms with Crippen molar-refractivity contribution in [3.63, 3.8) is 0 Å². The summed E-state index contributed by atoms with van der Waals surface area (Å²) in [7, 11) is -3.28. The van der Waals surface area contributed by atoms with E-state index in [-0.39, 0.29) is 19.1 Å². The molecule has 5 heteroatoms. The Bertz CT molecular complexity index is 490. The van der Waals surface area contributed by atoms with Crippen LogP contribution < -0.4 is 0 Å². The maximum Gasteiger partial charge on any atom is 0.151 e.